The van der Waals surface area contributed by atoms with Crippen molar-refractivity contribution < 1.29 is 14.5 Å². The van der Waals surface area contributed by atoms with E-state index in [1.54, 1.807) is 17.7 Å². The normalized spacial score (nSPS) is 18.2. The van der Waals surface area contributed by atoms with E-state index in [-0.39, 0.29) is 28.3 Å². The molecule has 3 aliphatic rings. The van der Waals surface area contributed by atoms with E-state index < -0.39 is 4.92 Å². The molecule has 0 unspecified atom stereocenters. The van der Waals surface area contributed by atoms with Crippen LogP contribution in [0.2, 0.25) is 5.02 Å². The number of nitrogens with zero attached hydrogens (tertiary/aromatic N) is 6. The number of benzene rings is 3. The fraction of sp³-hybridized carbons (Fsp3) is 0.439. The molecule has 0 radical (unpaired) electrons. The minimum absolute atomic E-state index is 0.136. The van der Waals surface area contributed by atoms with E-state index in [1.807, 2.05) is 36.4 Å². The number of nitro benzene ring substituents is 1. The number of amides is 1. The summed E-state index contributed by atoms with van der Waals surface area (Å²) in [6.45, 7) is 14.2. The first-order valence-corrected chi connectivity index (χ1v) is 19.3. The Hall–Kier alpha value is -4.62. The van der Waals surface area contributed by atoms with Gasteiger partial charge in [-0.15, -0.1) is 0 Å². The molecule has 1 amide bonds. The van der Waals surface area contributed by atoms with Crippen LogP contribution >= 0.6 is 11.6 Å². The van der Waals surface area contributed by atoms with E-state index >= 15 is 0 Å². The minimum atomic E-state index is -0.434. The number of nitrogens with one attached hydrogen (secondary N) is 2. The van der Waals surface area contributed by atoms with Crippen molar-refractivity contribution in [2.45, 2.75) is 39.5 Å². The molecule has 13 heteroatoms. The van der Waals surface area contributed by atoms with Crippen molar-refractivity contribution in [3.8, 4) is 0 Å². The molecule has 2 fully saturated rings. The summed E-state index contributed by atoms with van der Waals surface area (Å²) < 4.78 is 5.41. The largest absolute Gasteiger partial charge is 0.379 e. The highest BCUT2D eigenvalue weighted by Gasteiger charge is 2.29. The van der Waals surface area contributed by atoms with Gasteiger partial charge in [0.25, 0.3) is 5.91 Å². The highest BCUT2D eigenvalue weighted by Crippen LogP contribution is 2.43. The number of rotatable bonds is 12. The molecule has 12 nitrogen and oxygen atoms in total. The van der Waals surface area contributed by atoms with Gasteiger partial charge in [0.2, 0.25) is 0 Å². The summed E-state index contributed by atoms with van der Waals surface area (Å²) in [5.74, 6) is -0.122. The van der Waals surface area contributed by atoms with Gasteiger partial charge in [0.05, 0.1) is 23.5 Å². The van der Waals surface area contributed by atoms with Crippen LogP contribution in [0.15, 0.2) is 72.6 Å². The zero-order chi connectivity index (χ0) is 37.7. The number of ether oxygens (including phenoxy) is 1. The van der Waals surface area contributed by atoms with Gasteiger partial charge in [-0.2, -0.15) is 0 Å². The Morgan fingerprint density at radius 3 is 2.41 bits per heavy atom. The number of carbonyl (C=O) groups excluding carboxylic acids is 1. The fourth-order valence-electron chi connectivity index (χ4n) is 7.79. The monoisotopic (exact) mass is 752 g/mol. The number of hydrogen-bond donors (Lipinski definition) is 2. The van der Waals surface area contributed by atoms with Gasteiger partial charge in [-0.05, 0) is 97.3 Å². The second kappa shape index (κ2) is 16.8. The lowest BCUT2D eigenvalue weighted by Crippen LogP contribution is -2.47. The van der Waals surface area contributed by atoms with E-state index in [0.717, 1.165) is 95.5 Å². The molecule has 2 N–H and O–H groups in total. The van der Waals surface area contributed by atoms with Crippen LogP contribution < -0.4 is 15.5 Å². The summed E-state index contributed by atoms with van der Waals surface area (Å²) in [5, 5.41) is 19.5. The third-order valence-electron chi connectivity index (χ3n) is 10.9. The second-order valence-electron chi connectivity index (χ2n) is 15.3. The Morgan fingerprint density at radius 1 is 0.944 bits per heavy atom. The molecule has 1 aliphatic carbocycles. The molecule has 2 aliphatic heterocycles. The average molecular weight is 753 g/mol. The smallest absolute Gasteiger partial charge is 0.318 e. The minimum Gasteiger partial charge on any atom is -0.379 e. The van der Waals surface area contributed by atoms with Gasteiger partial charge >= 0.3 is 5.69 Å². The lowest BCUT2D eigenvalue weighted by Gasteiger charge is -2.39. The van der Waals surface area contributed by atoms with Gasteiger partial charge in [0.1, 0.15) is 17.8 Å². The first-order chi connectivity index (χ1) is 26.1. The molecule has 1 aromatic heterocycles. The maximum absolute atomic E-state index is 13.4. The predicted octanol–water partition coefficient (Wildman–Crippen LogP) is 7.36. The first kappa shape index (κ1) is 37.7. The lowest BCUT2D eigenvalue weighted by atomic mass is 9.72. The summed E-state index contributed by atoms with van der Waals surface area (Å²) in [6, 6.07) is 19.3. The van der Waals surface area contributed by atoms with Crippen LogP contribution in [0.1, 0.15) is 55.5 Å². The number of halogens is 1. The molecule has 0 atom stereocenters. The van der Waals surface area contributed by atoms with Crippen molar-refractivity contribution in [1.82, 2.24) is 19.8 Å². The van der Waals surface area contributed by atoms with E-state index in [1.165, 1.54) is 23.9 Å². The quantitative estimate of drug-likeness (QED) is 0.0861. The van der Waals surface area contributed by atoms with Crippen LogP contribution in [0.5, 0.6) is 0 Å². The lowest BCUT2D eigenvalue weighted by molar-refractivity contribution is -0.382. The Labute approximate surface area is 321 Å². The fourth-order valence-corrected chi connectivity index (χ4v) is 7.92. The molecule has 3 aromatic carbocycles. The molecule has 0 saturated carbocycles. The van der Waals surface area contributed by atoms with Crippen LogP contribution in [0.25, 0.3) is 16.5 Å². The van der Waals surface area contributed by atoms with Crippen LogP contribution in [0, 0.1) is 15.5 Å². The Bertz CT molecular complexity index is 1990. The number of piperazine rings is 1. The highest BCUT2D eigenvalue weighted by molar-refractivity contribution is 6.30. The number of hydrogen-bond acceptors (Lipinski definition) is 10. The molecule has 7 rings (SSSR count). The van der Waals surface area contributed by atoms with Gasteiger partial charge < -0.3 is 20.3 Å². The zero-order valence-electron chi connectivity index (χ0n) is 31.2. The molecule has 3 heterocycles. The molecule has 284 valence electrons. The summed E-state index contributed by atoms with van der Waals surface area (Å²) >= 11 is 6.21. The van der Waals surface area contributed by atoms with Crippen molar-refractivity contribution in [2.24, 2.45) is 5.41 Å². The van der Waals surface area contributed by atoms with Gasteiger partial charge in [-0.1, -0.05) is 43.2 Å². The number of nitro groups is 1. The number of allylic oxidation sites excluding steroid dienone is 1. The second-order valence-corrected chi connectivity index (χ2v) is 15.7. The van der Waals surface area contributed by atoms with Crippen LogP contribution in [-0.4, -0.2) is 103 Å². The number of morpholine rings is 1. The number of aromatic nitrogens is 2. The van der Waals surface area contributed by atoms with E-state index in [0.29, 0.717) is 23.2 Å². The number of fused-ring (bicyclic) bond motifs is 1. The Balaban J connectivity index is 0.960. The molecule has 0 bridgehead atoms. The third kappa shape index (κ3) is 9.01. The van der Waals surface area contributed by atoms with Gasteiger partial charge in [-0.3, -0.25) is 24.7 Å². The van der Waals surface area contributed by atoms with E-state index in [2.05, 4.69) is 61.3 Å². The van der Waals surface area contributed by atoms with Crippen molar-refractivity contribution in [3.05, 3.63) is 98.8 Å². The molecule has 2 saturated heterocycles. The third-order valence-corrected chi connectivity index (χ3v) is 11.2. The Morgan fingerprint density at radius 2 is 1.69 bits per heavy atom. The first-order valence-electron chi connectivity index (χ1n) is 19.0. The SMILES string of the molecule is CC1(C)CCC(CN2CCN(c3ccc(C(=O)Nc4ncnc5c([N+](=O)[O-])c(NCCCN6CCOCC6)ccc45)cc3)CC2)=C(c2ccc(Cl)cc2)C1. The van der Waals surface area contributed by atoms with Crippen molar-refractivity contribution in [1.29, 1.82) is 0 Å². The number of carbonyl (C=O) groups is 1. The molecule has 0 spiro atoms. The van der Waals surface area contributed by atoms with Crippen LogP contribution in [-0.2, 0) is 4.74 Å². The standard InChI is InChI=1S/C41H49ClN8O4/c1-41(2)15-14-31(35(26-41)29-4-8-32(42)9-5-29)27-48-18-20-49(21-19-48)33-10-6-30(7-11-33)40(51)46-39-34-12-13-36(38(50(52)53)37(34)44-28-45-39)43-16-3-17-47-22-24-54-25-23-47/h4-13,28,43H,3,14-27H2,1-2H3,(H,44,45,46,51). The molecule has 4 aromatic rings. The molecular formula is C41H49ClN8O4. The van der Waals surface area contributed by atoms with Gasteiger partial charge in [0, 0.05) is 68.6 Å². The molecule has 54 heavy (non-hydrogen) atoms. The predicted molar refractivity (Wildman–Crippen MR) is 216 cm³/mol. The van der Waals surface area contributed by atoms with Crippen molar-refractivity contribution in [2.75, 3.05) is 87.7 Å². The van der Waals surface area contributed by atoms with Gasteiger partial charge in [0.15, 0.2) is 5.52 Å². The summed E-state index contributed by atoms with van der Waals surface area (Å²) in [4.78, 5) is 41.0. The van der Waals surface area contributed by atoms with Crippen LogP contribution in [0.4, 0.5) is 22.9 Å². The summed E-state index contributed by atoms with van der Waals surface area (Å²) in [6.07, 6.45) is 5.47. The summed E-state index contributed by atoms with van der Waals surface area (Å²) in [5.41, 5.74) is 6.54. The van der Waals surface area contributed by atoms with E-state index in [9.17, 15) is 14.9 Å². The van der Waals surface area contributed by atoms with Gasteiger partial charge in [-0.25, -0.2) is 9.97 Å². The van der Waals surface area contributed by atoms with Crippen LogP contribution in [0.3, 0.4) is 0 Å². The highest BCUT2D eigenvalue weighted by atomic mass is 35.5. The Kier molecular flexibility index (Phi) is 11.7. The maximum Gasteiger partial charge on any atom is 0.318 e. The topological polar surface area (TPSA) is 129 Å². The number of anilines is 3. The van der Waals surface area contributed by atoms with E-state index in [4.69, 9.17) is 16.3 Å². The van der Waals surface area contributed by atoms with Crippen molar-refractivity contribution >= 4 is 56.9 Å². The van der Waals surface area contributed by atoms with Crippen molar-refractivity contribution in [3.63, 3.8) is 0 Å². The zero-order valence-corrected chi connectivity index (χ0v) is 31.9. The summed E-state index contributed by atoms with van der Waals surface area (Å²) in [7, 11) is 0. The maximum atomic E-state index is 13.4. The molecular weight excluding hydrogens is 704 g/mol. The average Bonchev–Trinajstić information content (AvgIpc) is 3.18.